The summed E-state index contributed by atoms with van der Waals surface area (Å²) in [6, 6.07) is 12.7. The highest BCUT2D eigenvalue weighted by Gasteiger charge is 2.38. The third-order valence-electron chi connectivity index (χ3n) is 12.0. The fourth-order valence-corrected chi connectivity index (χ4v) is 8.83. The molecule has 2 fully saturated rings. The lowest BCUT2D eigenvalue weighted by Crippen LogP contribution is -2.53. The molecular weight excluding hydrogens is 753 g/mol. The van der Waals surface area contributed by atoms with Gasteiger partial charge in [0.1, 0.15) is 36.1 Å². The van der Waals surface area contributed by atoms with Gasteiger partial charge in [-0.05, 0) is 90.3 Å². The van der Waals surface area contributed by atoms with Crippen LogP contribution in [0, 0.1) is 11.8 Å². The molecule has 3 aliphatic heterocycles. The van der Waals surface area contributed by atoms with E-state index in [0.29, 0.717) is 25.5 Å². The Morgan fingerprint density at radius 1 is 0.780 bits per heavy atom. The number of carbonyl (C=O) groups excluding carboxylic acids is 4. The zero-order valence-electron chi connectivity index (χ0n) is 34.4. The summed E-state index contributed by atoms with van der Waals surface area (Å²) < 4.78 is 16.0. The van der Waals surface area contributed by atoms with E-state index in [0.717, 1.165) is 93.4 Å². The number of rotatable bonds is 9. The number of alkyl carbamates (subject to hydrolysis) is 2. The molecular formula is C44H52N8O7. The zero-order valence-corrected chi connectivity index (χ0v) is 34.4. The van der Waals surface area contributed by atoms with Crippen LogP contribution in [0.1, 0.15) is 89.1 Å². The van der Waals surface area contributed by atoms with E-state index < -0.39 is 24.3 Å². The Hall–Kier alpha value is -6.12. The standard InChI is InChI=1S/C44H52N8O7/c1-23(2)36(49-43(55)57-5)41(53)51-16-8-7-10-34(51)40-46-31-15-13-25-19-30-28-14-12-26(18-27(28)22-59-35(30)20-29(25)38(31)48-40)32-21-45-39(47-32)33-11-9-17-52(33)42(54)37(24(3)4)50-44(56)58-6/h12-15,18-21,23-24,33-34,36-37H,7-11,16-17,22H2,1-6H3,(H,45,47)(H,46,48)(H,49,55)(H,50,56)/t33-,34-,36-,37?/m0/s1. The Morgan fingerprint density at radius 2 is 1.44 bits per heavy atom. The molecule has 0 aliphatic carbocycles. The number of likely N-dealkylation sites (tertiary alicyclic amines) is 2. The van der Waals surface area contributed by atoms with Crippen LogP contribution in [0.5, 0.6) is 5.75 Å². The quantitative estimate of drug-likeness (QED) is 0.120. The van der Waals surface area contributed by atoms with Crippen molar-refractivity contribution in [2.24, 2.45) is 11.8 Å². The number of fused-ring (bicyclic) bond motifs is 6. The number of methoxy groups -OCH3 is 2. The van der Waals surface area contributed by atoms with Crippen molar-refractivity contribution in [3.8, 4) is 28.1 Å². The lowest BCUT2D eigenvalue weighted by Gasteiger charge is -2.37. The monoisotopic (exact) mass is 804 g/mol. The van der Waals surface area contributed by atoms with E-state index in [2.05, 4.69) is 57.0 Å². The maximum absolute atomic E-state index is 13.9. The van der Waals surface area contributed by atoms with Gasteiger partial charge in [-0.25, -0.2) is 19.6 Å². The van der Waals surface area contributed by atoms with Crippen molar-refractivity contribution in [3.05, 3.63) is 65.9 Å². The molecule has 0 bridgehead atoms. The number of benzene rings is 3. The molecule has 0 spiro atoms. The highest BCUT2D eigenvalue weighted by molar-refractivity contribution is 6.07. The largest absolute Gasteiger partial charge is 0.488 e. The van der Waals surface area contributed by atoms with Crippen LogP contribution in [-0.4, -0.2) is 93.1 Å². The van der Waals surface area contributed by atoms with Crippen molar-refractivity contribution in [3.63, 3.8) is 0 Å². The minimum absolute atomic E-state index is 0.117. The summed E-state index contributed by atoms with van der Waals surface area (Å²) in [6.45, 7) is 9.17. The number of aromatic nitrogens is 4. The van der Waals surface area contributed by atoms with Gasteiger partial charge in [-0.1, -0.05) is 45.9 Å². The minimum Gasteiger partial charge on any atom is -0.488 e. The van der Waals surface area contributed by atoms with E-state index in [1.807, 2.05) is 49.8 Å². The molecule has 4 amide bonds. The summed E-state index contributed by atoms with van der Waals surface area (Å²) in [6.07, 6.45) is 4.76. The molecule has 310 valence electrons. The van der Waals surface area contributed by atoms with Crippen molar-refractivity contribution in [2.45, 2.75) is 90.6 Å². The Labute approximate surface area is 342 Å². The molecule has 1 unspecified atom stereocenters. The molecule has 8 rings (SSSR count). The Morgan fingerprint density at radius 3 is 2.12 bits per heavy atom. The number of hydrogen-bond acceptors (Lipinski definition) is 9. The second kappa shape index (κ2) is 16.3. The average molecular weight is 805 g/mol. The molecule has 15 nitrogen and oxygen atoms in total. The van der Waals surface area contributed by atoms with Gasteiger partial charge in [0.2, 0.25) is 11.8 Å². The number of carbonyl (C=O) groups is 4. The van der Waals surface area contributed by atoms with Crippen LogP contribution in [0.4, 0.5) is 9.59 Å². The lowest BCUT2D eigenvalue weighted by molar-refractivity contribution is -0.138. The van der Waals surface area contributed by atoms with Gasteiger partial charge in [-0.15, -0.1) is 0 Å². The second-order valence-corrected chi connectivity index (χ2v) is 16.4. The van der Waals surface area contributed by atoms with E-state index in [9.17, 15) is 19.2 Å². The number of nitrogens with one attached hydrogen (secondary N) is 4. The lowest BCUT2D eigenvalue weighted by atomic mass is 9.92. The molecule has 0 radical (unpaired) electrons. The van der Waals surface area contributed by atoms with Gasteiger partial charge in [-0.2, -0.15) is 0 Å². The summed E-state index contributed by atoms with van der Waals surface area (Å²) in [5.41, 5.74) is 6.61. The first-order valence-corrected chi connectivity index (χ1v) is 20.5. The third kappa shape index (κ3) is 7.54. The molecule has 4 atom stereocenters. The van der Waals surface area contributed by atoms with Crippen LogP contribution in [0.25, 0.3) is 44.2 Å². The molecule has 59 heavy (non-hydrogen) atoms. The van der Waals surface area contributed by atoms with Gasteiger partial charge in [0.05, 0.1) is 49.2 Å². The number of nitrogens with zero attached hydrogens (tertiary/aromatic N) is 4. The van der Waals surface area contributed by atoms with E-state index in [4.69, 9.17) is 24.2 Å². The summed E-state index contributed by atoms with van der Waals surface area (Å²) in [7, 11) is 2.59. The molecule has 15 heteroatoms. The number of imidazole rings is 2. The van der Waals surface area contributed by atoms with Gasteiger partial charge >= 0.3 is 12.2 Å². The Kier molecular flexibility index (Phi) is 10.9. The summed E-state index contributed by atoms with van der Waals surface area (Å²) in [4.78, 5) is 72.2. The van der Waals surface area contributed by atoms with Crippen molar-refractivity contribution in [2.75, 3.05) is 27.3 Å². The first-order chi connectivity index (χ1) is 28.4. The number of piperidine rings is 1. The van der Waals surface area contributed by atoms with Gasteiger partial charge in [-0.3, -0.25) is 9.59 Å². The van der Waals surface area contributed by atoms with Gasteiger partial charge < -0.3 is 44.6 Å². The predicted octanol–water partition coefficient (Wildman–Crippen LogP) is 7.14. The van der Waals surface area contributed by atoms with Crippen LogP contribution in [-0.2, 0) is 25.7 Å². The molecule has 4 N–H and O–H groups in total. The van der Waals surface area contributed by atoms with E-state index in [1.54, 1.807) is 0 Å². The maximum Gasteiger partial charge on any atom is 0.407 e. The molecule has 3 aromatic carbocycles. The van der Waals surface area contributed by atoms with Crippen LogP contribution >= 0.6 is 0 Å². The molecule has 3 aliphatic rings. The fourth-order valence-electron chi connectivity index (χ4n) is 8.83. The number of ether oxygens (including phenoxy) is 3. The highest BCUT2D eigenvalue weighted by Crippen LogP contribution is 2.43. The summed E-state index contributed by atoms with van der Waals surface area (Å²) >= 11 is 0. The van der Waals surface area contributed by atoms with E-state index in [-0.39, 0.29) is 35.7 Å². The Balaban J connectivity index is 1.04. The van der Waals surface area contributed by atoms with Crippen molar-refractivity contribution in [1.82, 2.24) is 40.4 Å². The molecule has 2 aromatic heterocycles. The normalized spacial score (nSPS) is 18.6. The van der Waals surface area contributed by atoms with Crippen LogP contribution in [0.3, 0.4) is 0 Å². The average Bonchev–Trinajstić information content (AvgIpc) is 4.03. The maximum atomic E-state index is 13.9. The molecule has 2 saturated heterocycles. The van der Waals surface area contributed by atoms with Gasteiger partial charge in [0, 0.05) is 24.0 Å². The van der Waals surface area contributed by atoms with Crippen molar-refractivity contribution >= 4 is 45.8 Å². The first-order valence-electron chi connectivity index (χ1n) is 20.5. The van der Waals surface area contributed by atoms with Crippen molar-refractivity contribution in [1.29, 1.82) is 0 Å². The number of hydrogen-bond donors (Lipinski definition) is 4. The smallest absolute Gasteiger partial charge is 0.407 e. The SMILES string of the molecule is COC(=O)NC(C(=O)N1CCC[C@H]1c1ncc(-c2ccc3c(c2)COc2cc4c(ccc5[nH]c([C@@H]6CCCCN6C(=O)[C@@H](NC(=O)OC)C(C)C)nc54)cc2-3)[nH]1)C(C)C. The molecule has 5 heterocycles. The zero-order chi connectivity index (χ0) is 41.5. The number of aromatic amines is 2. The topological polar surface area (TPSA) is 184 Å². The fraction of sp³-hybridized carbons (Fsp3) is 0.455. The first kappa shape index (κ1) is 39.7. The van der Waals surface area contributed by atoms with Gasteiger partial charge in [0.15, 0.2) is 0 Å². The minimum atomic E-state index is -0.713. The second-order valence-electron chi connectivity index (χ2n) is 16.4. The number of H-pyrrole nitrogens is 2. The summed E-state index contributed by atoms with van der Waals surface area (Å²) in [5.74, 6) is 1.68. The van der Waals surface area contributed by atoms with E-state index >= 15 is 0 Å². The highest BCUT2D eigenvalue weighted by atomic mass is 16.5. The van der Waals surface area contributed by atoms with Crippen LogP contribution in [0.15, 0.2) is 48.7 Å². The van der Waals surface area contributed by atoms with E-state index in [1.165, 1.54) is 14.2 Å². The number of amides is 4. The summed E-state index contributed by atoms with van der Waals surface area (Å²) in [5, 5.41) is 7.41. The molecule has 0 saturated carbocycles. The van der Waals surface area contributed by atoms with Crippen molar-refractivity contribution < 1.29 is 33.4 Å². The Bertz CT molecular complexity index is 2420. The van der Waals surface area contributed by atoms with Crippen LogP contribution < -0.4 is 15.4 Å². The van der Waals surface area contributed by atoms with Crippen LogP contribution in [0.2, 0.25) is 0 Å². The molecule has 5 aromatic rings. The van der Waals surface area contributed by atoms with Gasteiger partial charge in [0.25, 0.3) is 0 Å². The third-order valence-corrected chi connectivity index (χ3v) is 12.0. The predicted molar refractivity (Wildman–Crippen MR) is 221 cm³/mol.